The molecule has 0 fully saturated rings. The number of carbonyl (C=O) groups excluding carboxylic acids is 1. The molecular weight excluding hydrogens is 284 g/mol. The molecule has 20 heavy (non-hydrogen) atoms. The average molecular weight is 301 g/mol. The molecular formula is C13H17ClN2O4. The maximum Gasteiger partial charge on any atom is 0.334 e. The summed E-state index contributed by atoms with van der Waals surface area (Å²) in [6, 6.07) is 6.81. The molecule has 6 nitrogen and oxygen atoms in total. The van der Waals surface area contributed by atoms with Gasteiger partial charge in [-0.15, -0.1) is 0 Å². The number of halogens is 1. The maximum absolute atomic E-state index is 11.8. The third kappa shape index (κ3) is 4.71. The molecule has 0 aliphatic carbocycles. The molecule has 1 rings (SSSR count). The zero-order valence-electron chi connectivity index (χ0n) is 11.3. The Labute approximate surface area is 122 Å². The number of rotatable bonds is 6. The summed E-state index contributed by atoms with van der Waals surface area (Å²) in [5.74, 6) is -1.12. The minimum absolute atomic E-state index is 0.0997. The summed E-state index contributed by atoms with van der Waals surface area (Å²) >= 11 is 6.01. The highest BCUT2D eigenvalue weighted by Crippen LogP contribution is 2.16. The van der Waals surface area contributed by atoms with Gasteiger partial charge in [0.25, 0.3) is 0 Å². The summed E-state index contributed by atoms with van der Waals surface area (Å²) in [6.07, 6.45) is -1.06. The lowest BCUT2D eigenvalue weighted by Gasteiger charge is -2.20. The molecule has 1 atom stereocenters. The van der Waals surface area contributed by atoms with Crippen LogP contribution in [-0.4, -0.2) is 48.8 Å². The van der Waals surface area contributed by atoms with Crippen LogP contribution >= 0.6 is 11.6 Å². The molecule has 7 heteroatoms. The number of carboxylic acids is 1. The van der Waals surface area contributed by atoms with E-state index in [-0.39, 0.29) is 6.54 Å². The van der Waals surface area contributed by atoms with Crippen molar-refractivity contribution in [3.05, 3.63) is 34.9 Å². The number of amides is 2. The zero-order valence-corrected chi connectivity index (χ0v) is 12.1. The molecule has 0 bridgehead atoms. The van der Waals surface area contributed by atoms with E-state index in [0.717, 1.165) is 5.56 Å². The Morgan fingerprint density at radius 2 is 2.10 bits per heavy atom. The molecule has 0 aromatic heterocycles. The molecule has 0 saturated heterocycles. The van der Waals surface area contributed by atoms with Gasteiger partial charge in [0.1, 0.15) is 0 Å². The van der Waals surface area contributed by atoms with Crippen LogP contribution in [0.2, 0.25) is 5.02 Å². The van der Waals surface area contributed by atoms with Gasteiger partial charge in [-0.1, -0.05) is 29.8 Å². The Morgan fingerprint density at radius 1 is 1.45 bits per heavy atom. The van der Waals surface area contributed by atoms with E-state index in [9.17, 15) is 9.59 Å². The quantitative estimate of drug-likeness (QED) is 0.836. The van der Waals surface area contributed by atoms with Crippen LogP contribution in [0.1, 0.15) is 5.56 Å². The Kier molecular flexibility index (Phi) is 6.27. The number of urea groups is 1. The fourth-order valence-corrected chi connectivity index (χ4v) is 1.74. The van der Waals surface area contributed by atoms with E-state index in [1.807, 2.05) is 18.2 Å². The highest BCUT2D eigenvalue weighted by Gasteiger charge is 2.18. The van der Waals surface area contributed by atoms with Crippen molar-refractivity contribution in [1.82, 2.24) is 10.2 Å². The van der Waals surface area contributed by atoms with Crippen LogP contribution in [0.5, 0.6) is 0 Å². The molecule has 1 aromatic carbocycles. The van der Waals surface area contributed by atoms with Crippen LogP contribution in [-0.2, 0) is 16.1 Å². The standard InChI is InChI=1S/C13H17ClN2O4/c1-16(8-9-5-3-4-6-10(9)14)13(19)15-7-11(20-2)12(17)18/h3-6,11H,7-8H2,1-2H3,(H,15,19)(H,17,18). The van der Waals surface area contributed by atoms with E-state index >= 15 is 0 Å². The van der Waals surface area contributed by atoms with Gasteiger partial charge in [-0.2, -0.15) is 0 Å². The summed E-state index contributed by atoms with van der Waals surface area (Å²) in [5.41, 5.74) is 0.813. The van der Waals surface area contributed by atoms with Gasteiger partial charge < -0.3 is 20.1 Å². The SMILES string of the molecule is COC(CNC(=O)N(C)Cc1ccccc1Cl)C(=O)O. The Hall–Kier alpha value is -1.79. The van der Waals surface area contributed by atoms with Gasteiger partial charge in [0.2, 0.25) is 0 Å². The zero-order chi connectivity index (χ0) is 15.1. The van der Waals surface area contributed by atoms with Crippen LogP contribution < -0.4 is 5.32 Å². The van der Waals surface area contributed by atoms with Crippen molar-refractivity contribution < 1.29 is 19.4 Å². The Morgan fingerprint density at radius 3 is 2.65 bits per heavy atom. The van der Waals surface area contributed by atoms with Gasteiger partial charge in [-0.3, -0.25) is 0 Å². The van der Waals surface area contributed by atoms with Gasteiger partial charge >= 0.3 is 12.0 Å². The largest absolute Gasteiger partial charge is 0.479 e. The molecule has 0 radical (unpaired) electrons. The average Bonchev–Trinajstić information content (AvgIpc) is 2.41. The molecule has 110 valence electrons. The highest BCUT2D eigenvalue weighted by atomic mass is 35.5. The first kappa shape index (κ1) is 16.3. The Balaban J connectivity index is 2.51. The molecule has 1 aromatic rings. The minimum Gasteiger partial charge on any atom is -0.479 e. The van der Waals surface area contributed by atoms with Gasteiger partial charge in [0, 0.05) is 25.7 Å². The van der Waals surface area contributed by atoms with Crippen molar-refractivity contribution >= 4 is 23.6 Å². The number of carboxylic acid groups (broad SMARTS) is 1. The van der Waals surface area contributed by atoms with E-state index in [4.69, 9.17) is 21.4 Å². The van der Waals surface area contributed by atoms with E-state index in [1.165, 1.54) is 12.0 Å². The molecule has 0 spiro atoms. The van der Waals surface area contributed by atoms with E-state index in [1.54, 1.807) is 13.1 Å². The number of nitrogens with one attached hydrogen (secondary N) is 1. The number of hydrogen-bond donors (Lipinski definition) is 2. The van der Waals surface area contributed by atoms with Crippen molar-refractivity contribution in [3.8, 4) is 0 Å². The first-order chi connectivity index (χ1) is 9.45. The van der Waals surface area contributed by atoms with Crippen molar-refractivity contribution in [2.45, 2.75) is 12.6 Å². The number of aliphatic carboxylic acids is 1. The van der Waals surface area contributed by atoms with Crippen molar-refractivity contribution in [1.29, 1.82) is 0 Å². The summed E-state index contributed by atoms with van der Waals surface area (Å²) < 4.78 is 4.73. The van der Waals surface area contributed by atoms with Crippen LogP contribution in [0.3, 0.4) is 0 Å². The smallest absolute Gasteiger partial charge is 0.334 e. The van der Waals surface area contributed by atoms with Crippen LogP contribution in [0.25, 0.3) is 0 Å². The van der Waals surface area contributed by atoms with Gasteiger partial charge in [-0.25, -0.2) is 9.59 Å². The topological polar surface area (TPSA) is 78.9 Å². The van der Waals surface area contributed by atoms with Crippen molar-refractivity contribution in [2.75, 3.05) is 20.7 Å². The number of nitrogens with zero attached hydrogens (tertiary/aromatic N) is 1. The van der Waals surface area contributed by atoms with Gasteiger partial charge in [0.05, 0.1) is 6.54 Å². The molecule has 0 heterocycles. The molecule has 1 unspecified atom stereocenters. The van der Waals surface area contributed by atoms with Gasteiger partial charge in [0.15, 0.2) is 6.10 Å². The third-order valence-corrected chi connectivity index (χ3v) is 3.08. The highest BCUT2D eigenvalue weighted by molar-refractivity contribution is 6.31. The molecule has 2 N–H and O–H groups in total. The number of ether oxygens (including phenoxy) is 1. The third-order valence-electron chi connectivity index (χ3n) is 2.71. The normalized spacial score (nSPS) is 11.8. The monoisotopic (exact) mass is 300 g/mol. The van der Waals surface area contributed by atoms with E-state index in [0.29, 0.717) is 11.6 Å². The molecule has 0 aliphatic heterocycles. The molecule has 0 saturated carbocycles. The van der Waals surface area contributed by atoms with Crippen LogP contribution in [0.15, 0.2) is 24.3 Å². The number of carbonyl (C=O) groups is 2. The Bertz CT molecular complexity index is 481. The molecule has 2 amide bonds. The maximum atomic E-state index is 11.8. The second kappa shape index (κ2) is 7.72. The summed E-state index contributed by atoms with van der Waals surface area (Å²) in [4.78, 5) is 24.0. The second-order valence-corrected chi connectivity index (χ2v) is 4.60. The van der Waals surface area contributed by atoms with Crippen molar-refractivity contribution in [3.63, 3.8) is 0 Å². The predicted molar refractivity (Wildman–Crippen MR) is 74.8 cm³/mol. The number of benzene rings is 1. The van der Waals surface area contributed by atoms with Crippen LogP contribution in [0, 0.1) is 0 Å². The fraction of sp³-hybridized carbons (Fsp3) is 0.385. The van der Waals surface area contributed by atoms with E-state index < -0.39 is 18.1 Å². The van der Waals surface area contributed by atoms with E-state index in [2.05, 4.69) is 5.32 Å². The lowest BCUT2D eigenvalue weighted by molar-refractivity contribution is -0.148. The first-order valence-corrected chi connectivity index (χ1v) is 6.31. The lowest BCUT2D eigenvalue weighted by Crippen LogP contribution is -2.43. The summed E-state index contributed by atoms with van der Waals surface area (Å²) in [5, 5.41) is 11.9. The number of hydrogen-bond acceptors (Lipinski definition) is 3. The minimum atomic E-state index is -1.12. The summed E-state index contributed by atoms with van der Waals surface area (Å²) in [6.45, 7) is 0.230. The molecule has 0 aliphatic rings. The fourth-order valence-electron chi connectivity index (χ4n) is 1.54. The van der Waals surface area contributed by atoms with Gasteiger partial charge in [-0.05, 0) is 11.6 Å². The first-order valence-electron chi connectivity index (χ1n) is 5.93. The van der Waals surface area contributed by atoms with Crippen LogP contribution in [0.4, 0.5) is 4.79 Å². The lowest BCUT2D eigenvalue weighted by atomic mass is 10.2. The second-order valence-electron chi connectivity index (χ2n) is 4.20. The predicted octanol–water partition coefficient (Wildman–Crippen LogP) is 1.58. The van der Waals surface area contributed by atoms with Crippen molar-refractivity contribution in [2.24, 2.45) is 0 Å². The number of methoxy groups -OCH3 is 1. The summed E-state index contributed by atoms with van der Waals surface area (Å²) in [7, 11) is 2.87.